The zero-order valence-corrected chi connectivity index (χ0v) is 17.8. The molecule has 1 radical (unpaired) electrons. The third-order valence-electron chi connectivity index (χ3n) is 4.92. The summed E-state index contributed by atoms with van der Waals surface area (Å²) in [7, 11) is -3.62. The van der Waals surface area contributed by atoms with E-state index in [2.05, 4.69) is 10.8 Å². The van der Waals surface area contributed by atoms with Crippen molar-refractivity contribution in [1.29, 1.82) is 0 Å². The van der Waals surface area contributed by atoms with E-state index in [1.807, 2.05) is 38.1 Å². The average Bonchev–Trinajstić information content (AvgIpc) is 2.75. The van der Waals surface area contributed by atoms with Gasteiger partial charge in [-0.05, 0) is 67.3 Å². The first-order valence-electron chi connectivity index (χ1n) is 9.84. The molecule has 157 valence electrons. The molecule has 3 aromatic carbocycles. The molecular weight excluding hydrogens is 398 g/mol. The van der Waals surface area contributed by atoms with Gasteiger partial charge in [0.25, 0.3) is 10.0 Å². The standard InChI is InChI=1S/C24H26NO4S/c1-18(17-24(26)19(2)29-22-9-5-3-6-10-22)20-13-15-21(16-14-20)25-30(27,28)23-11-7-4-8-12-23/h3-5,7-16,18-19,24-26H,17H2,1-2H3/t18-,19-,24-/m0/s1. The van der Waals surface area contributed by atoms with Gasteiger partial charge in [0, 0.05) is 5.69 Å². The number of hydrogen-bond donors (Lipinski definition) is 2. The molecule has 0 aliphatic heterocycles. The summed E-state index contributed by atoms with van der Waals surface area (Å²) in [6.07, 6.45) is -0.482. The van der Waals surface area contributed by atoms with Crippen LogP contribution in [-0.4, -0.2) is 25.7 Å². The number of rotatable bonds is 9. The molecule has 6 heteroatoms. The number of hydrogen-bond acceptors (Lipinski definition) is 4. The molecule has 3 rings (SSSR count). The molecule has 2 N–H and O–H groups in total. The van der Waals surface area contributed by atoms with Gasteiger partial charge in [-0.2, -0.15) is 0 Å². The van der Waals surface area contributed by atoms with Crippen LogP contribution >= 0.6 is 0 Å². The fourth-order valence-corrected chi connectivity index (χ4v) is 4.21. The second kappa shape index (κ2) is 9.78. The van der Waals surface area contributed by atoms with Crippen LogP contribution in [0.3, 0.4) is 0 Å². The monoisotopic (exact) mass is 424 g/mol. The van der Waals surface area contributed by atoms with Crippen LogP contribution in [0, 0.1) is 6.07 Å². The Morgan fingerprint density at radius 1 is 1.00 bits per heavy atom. The van der Waals surface area contributed by atoms with Crippen molar-refractivity contribution in [3.8, 4) is 5.75 Å². The van der Waals surface area contributed by atoms with Crippen LogP contribution in [0.4, 0.5) is 5.69 Å². The number of nitrogens with one attached hydrogen (secondary N) is 1. The third-order valence-corrected chi connectivity index (χ3v) is 6.32. The summed E-state index contributed by atoms with van der Waals surface area (Å²) in [6, 6.07) is 25.6. The highest BCUT2D eigenvalue weighted by Gasteiger charge is 2.20. The molecule has 0 heterocycles. The fraction of sp³-hybridized carbons (Fsp3) is 0.250. The van der Waals surface area contributed by atoms with E-state index in [9.17, 15) is 13.5 Å². The van der Waals surface area contributed by atoms with Gasteiger partial charge in [0.05, 0.1) is 11.0 Å². The lowest BCUT2D eigenvalue weighted by atomic mass is 9.93. The van der Waals surface area contributed by atoms with Gasteiger partial charge >= 0.3 is 0 Å². The topological polar surface area (TPSA) is 75.6 Å². The van der Waals surface area contributed by atoms with Crippen LogP contribution in [0.15, 0.2) is 83.8 Å². The molecule has 30 heavy (non-hydrogen) atoms. The summed E-state index contributed by atoms with van der Waals surface area (Å²) in [5.74, 6) is 0.750. The van der Waals surface area contributed by atoms with E-state index in [4.69, 9.17) is 4.74 Å². The largest absolute Gasteiger partial charge is 0.488 e. The summed E-state index contributed by atoms with van der Waals surface area (Å²) in [4.78, 5) is 0.218. The number of aliphatic hydroxyl groups excluding tert-OH is 1. The van der Waals surface area contributed by atoms with Gasteiger partial charge in [-0.15, -0.1) is 0 Å². The summed E-state index contributed by atoms with van der Waals surface area (Å²) >= 11 is 0. The van der Waals surface area contributed by atoms with Gasteiger partial charge in [-0.3, -0.25) is 4.72 Å². The van der Waals surface area contributed by atoms with E-state index in [-0.39, 0.29) is 16.9 Å². The average molecular weight is 425 g/mol. The number of anilines is 1. The molecule has 0 aromatic heterocycles. The first-order valence-corrected chi connectivity index (χ1v) is 11.3. The fourth-order valence-electron chi connectivity index (χ4n) is 3.13. The van der Waals surface area contributed by atoms with Crippen LogP contribution in [0.25, 0.3) is 0 Å². The van der Waals surface area contributed by atoms with Crippen molar-refractivity contribution in [3.05, 3.63) is 90.5 Å². The number of aliphatic hydroxyl groups is 1. The summed E-state index contributed by atoms with van der Waals surface area (Å²) in [6.45, 7) is 3.86. The van der Waals surface area contributed by atoms with Gasteiger partial charge in [0.1, 0.15) is 11.9 Å². The van der Waals surface area contributed by atoms with Gasteiger partial charge in [-0.25, -0.2) is 8.42 Å². The molecule has 0 unspecified atom stereocenters. The smallest absolute Gasteiger partial charge is 0.261 e. The molecule has 0 amide bonds. The Morgan fingerprint density at radius 3 is 2.33 bits per heavy atom. The van der Waals surface area contributed by atoms with Crippen LogP contribution < -0.4 is 9.46 Å². The molecule has 3 atom stereocenters. The molecule has 0 aliphatic carbocycles. The van der Waals surface area contributed by atoms with E-state index in [1.54, 1.807) is 54.6 Å². The molecule has 0 fully saturated rings. The highest BCUT2D eigenvalue weighted by molar-refractivity contribution is 7.92. The lowest BCUT2D eigenvalue weighted by molar-refractivity contribution is 0.0379. The Kier molecular flexibility index (Phi) is 7.13. The van der Waals surface area contributed by atoms with Crippen LogP contribution in [0.2, 0.25) is 0 Å². The summed E-state index contributed by atoms with van der Waals surface area (Å²) in [5.41, 5.74) is 1.50. The quantitative estimate of drug-likeness (QED) is 0.526. The normalized spacial score (nSPS) is 14.5. The van der Waals surface area contributed by atoms with Crippen molar-refractivity contribution in [2.45, 2.75) is 43.3 Å². The van der Waals surface area contributed by atoms with E-state index < -0.39 is 16.1 Å². The molecule has 0 aliphatic rings. The second-order valence-electron chi connectivity index (χ2n) is 7.31. The van der Waals surface area contributed by atoms with Gasteiger partial charge in [0.15, 0.2) is 0 Å². The third kappa shape index (κ3) is 5.84. The number of benzene rings is 3. The van der Waals surface area contributed by atoms with E-state index in [0.717, 1.165) is 5.56 Å². The Labute approximate surface area is 178 Å². The summed E-state index contributed by atoms with van der Waals surface area (Å²) in [5, 5.41) is 10.5. The highest BCUT2D eigenvalue weighted by atomic mass is 32.2. The van der Waals surface area contributed by atoms with Crippen molar-refractivity contribution in [2.75, 3.05) is 4.72 Å². The van der Waals surface area contributed by atoms with Gasteiger partial charge < -0.3 is 9.84 Å². The zero-order chi connectivity index (χ0) is 21.6. The van der Waals surface area contributed by atoms with E-state index in [1.165, 1.54) is 0 Å². The minimum atomic E-state index is -3.62. The van der Waals surface area contributed by atoms with E-state index >= 15 is 0 Å². The van der Waals surface area contributed by atoms with Crippen molar-refractivity contribution >= 4 is 15.7 Å². The SMILES string of the molecule is C[C@H](Oc1c[c]ccc1)[C@@H](O)C[C@H](C)c1ccc(NS(=O)(=O)c2ccccc2)cc1. The molecule has 0 saturated carbocycles. The lowest BCUT2D eigenvalue weighted by Gasteiger charge is -2.23. The van der Waals surface area contributed by atoms with Crippen molar-refractivity contribution in [2.24, 2.45) is 0 Å². The van der Waals surface area contributed by atoms with Crippen LogP contribution in [0.1, 0.15) is 31.7 Å². The molecule has 0 bridgehead atoms. The van der Waals surface area contributed by atoms with Crippen LogP contribution in [-0.2, 0) is 10.0 Å². The number of ether oxygens (including phenoxy) is 1. The first-order chi connectivity index (χ1) is 14.3. The Bertz CT molecular complexity index is 1020. The first kappa shape index (κ1) is 21.9. The van der Waals surface area contributed by atoms with Crippen molar-refractivity contribution < 1.29 is 18.3 Å². The summed E-state index contributed by atoms with van der Waals surface area (Å²) < 4.78 is 33.2. The van der Waals surface area contributed by atoms with Crippen molar-refractivity contribution in [3.63, 3.8) is 0 Å². The molecule has 0 spiro atoms. The Balaban J connectivity index is 1.58. The second-order valence-corrected chi connectivity index (χ2v) is 8.99. The molecule has 0 saturated heterocycles. The maximum Gasteiger partial charge on any atom is 0.261 e. The maximum absolute atomic E-state index is 12.4. The maximum atomic E-state index is 12.4. The van der Waals surface area contributed by atoms with Gasteiger partial charge in [-0.1, -0.05) is 49.4 Å². The Morgan fingerprint density at radius 2 is 1.70 bits per heavy atom. The predicted octanol–water partition coefficient (Wildman–Crippen LogP) is 4.61. The minimum absolute atomic E-state index is 0.0770. The number of sulfonamides is 1. The molecule has 5 nitrogen and oxygen atoms in total. The Hall–Kier alpha value is -2.83. The van der Waals surface area contributed by atoms with Crippen molar-refractivity contribution in [1.82, 2.24) is 0 Å². The molecular formula is C24H26NO4S. The highest BCUT2D eigenvalue weighted by Crippen LogP contribution is 2.25. The molecule has 3 aromatic rings. The van der Waals surface area contributed by atoms with Gasteiger partial charge in [0.2, 0.25) is 0 Å². The zero-order valence-electron chi connectivity index (χ0n) is 17.0. The minimum Gasteiger partial charge on any atom is -0.488 e. The van der Waals surface area contributed by atoms with Crippen LogP contribution in [0.5, 0.6) is 5.75 Å². The van der Waals surface area contributed by atoms with E-state index in [0.29, 0.717) is 17.9 Å². The lowest BCUT2D eigenvalue weighted by Crippen LogP contribution is -2.30. The predicted molar refractivity (Wildman–Crippen MR) is 118 cm³/mol.